The molecule has 0 N–H and O–H groups in total. The maximum absolute atomic E-state index is 13.3. The Hall–Kier alpha value is -3.26. The lowest BCUT2D eigenvalue weighted by Gasteiger charge is -2.41. The van der Waals surface area contributed by atoms with Crippen LogP contribution in [0.25, 0.3) is 0 Å². The van der Waals surface area contributed by atoms with Gasteiger partial charge >= 0.3 is 0 Å². The topological polar surface area (TPSA) is 71.5 Å². The second-order valence-electron chi connectivity index (χ2n) is 7.91. The molecule has 1 unspecified atom stereocenters. The predicted octanol–water partition coefficient (Wildman–Crippen LogP) is 1.78. The van der Waals surface area contributed by atoms with Crippen molar-refractivity contribution in [1.82, 2.24) is 9.80 Å². The van der Waals surface area contributed by atoms with E-state index in [1.165, 1.54) is 0 Å². The lowest BCUT2D eigenvalue weighted by atomic mass is 10.1. The third kappa shape index (κ3) is 4.80. The van der Waals surface area contributed by atoms with Gasteiger partial charge in [-0.3, -0.25) is 9.59 Å². The Bertz CT molecular complexity index is 924. The van der Waals surface area contributed by atoms with Crippen molar-refractivity contribution in [3.63, 3.8) is 0 Å². The normalized spacial score (nSPS) is 19.1. The molecule has 0 aliphatic carbocycles. The Kier molecular flexibility index (Phi) is 6.80. The van der Waals surface area contributed by atoms with E-state index in [0.717, 1.165) is 35.8 Å². The smallest absolute Gasteiger partial charge is 0.249 e. The first-order chi connectivity index (χ1) is 15.6. The molecule has 2 heterocycles. The molecule has 2 aromatic carbocycles. The Labute approximate surface area is 188 Å². The van der Waals surface area contributed by atoms with Gasteiger partial charge in [0.25, 0.3) is 0 Å². The zero-order chi connectivity index (χ0) is 22.5. The number of carbonyl (C=O) groups excluding carboxylic acids is 2. The number of rotatable bonds is 6. The molecule has 4 rings (SSSR count). The van der Waals surface area contributed by atoms with E-state index in [2.05, 4.69) is 4.90 Å². The summed E-state index contributed by atoms with van der Waals surface area (Å²) >= 11 is 0. The van der Waals surface area contributed by atoms with E-state index in [9.17, 15) is 9.59 Å². The number of amides is 2. The molecule has 2 aliphatic heterocycles. The summed E-state index contributed by atoms with van der Waals surface area (Å²) in [5.74, 6) is 1.36. The minimum atomic E-state index is -0.606. The van der Waals surface area contributed by atoms with Crippen molar-refractivity contribution in [2.75, 3.05) is 58.5 Å². The van der Waals surface area contributed by atoms with E-state index in [0.29, 0.717) is 19.6 Å². The van der Waals surface area contributed by atoms with Crippen LogP contribution in [0, 0.1) is 0 Å². The van der Waals surface area contributed by atoms with Crippen molar-refractivity contribution in [3.05, 3.63) is 54.1 Å². The van der Waals surface area contributed by atoms with Gasteiger partial charge in [-0.1, -0.05) is 12.1 Å². The molecule has 0 aromatic heterocycles. The summed E-state index contributed by atoms with van der Waals surface area (Å²) in [6.45, 7) is 3.27. The number of anilines is 1. The van der Waals surface area contributed by atoms with E-state index in [1.54, 1.807) is 19.1 Å². The molecule has 2 aromatic rings. The third-order valence-corrected chi connectivity index (χ3v) is 6.02. The number of methoxy groups -OCH3 is 2. The molecule has 2 fully saturated rings. The number of morpholine rings is 1. The van der Waals surface area contributed by atoms with Gasteiger partial charge in [0.15, 0.2) is 0 Å². The number of benzene rings is 2. The highest BCUT2D eigenvalue weighted by atomic mass is 16.5. The van der Waals surface area contributed by atoms with Crippen molar-refractivity contribution in [3.8, 4) is 11.5 Å². The van der Waals surface area contributed by atoms with E-state index in [4.69, 9.17) is 14.2 Å². The molecular weight excluding hydrogens is 410 g/mol. The van der Waals surface area contributed by atoms with Crippen LogP contribution in [0.3, 0.4) is 0 Å². The van der Waals surface area contributed by atoms with Crippen LogP contribution >= 0.6 is 0 Å². The SMILES string of the molecule is COc1ccc(CN2C(=O)COCC2C(=O)N2CCN(c3ccc(OC)cc3)CC2)cc1. The Morgan fingerprint density at radius 2 is 1.53 bits per heavy atom. The van der Waals surface area contributed by atoms with Crippen molar-refractivity contribution in [1.29, 1.82) is 0 Å². The lowest BCUT2D eigenvalue weighted by Crippen LogP contribution is -2.59. The first kappa shape index (κ1) is 22.0. The Morgan fingerprint density at radius 1 is 0.938 bits per heavy atom. The van der Waals surface area contributed by atoms with E-state index < -0.39 is 6.04 Å². The quantitative estimate of drug-likeness (QED) is 0.683. The van der Waals surface area contributed by atoms with E-state index in [-0.39, 0.29) is 25.0 Å². The molecule has 8 heteroatoms. The third-order valence-electron chi connectivity index (χ3n) is 6.02. The number of piperazine rings is 1. The van der Waals surface area contributed by atoms with Gasteiger partial charge in [-0.25, -0.2) is 0 Å². The molecule has 2 aliphatic rings. The van der Waals surface area contributed by atoms with Crippen LogP contribution in [-0.4, -0.2) is 81.3 Å². The molecule has 170 valence electrons. The fourth-order valence-electron chi connectivity index (χ4n) is 4.12. The van der Waals surface area contributed by atoms with Gasteiger partial charge in [-0.05, 0) is 42.0 Å². The lowest BCUT2D eigenvalue weighted by molar-refractivity contribution is -0.160. The monoisotopic (exact) mass is 439 g/mol. The van der Waals surface area contributed by atoms with Gasteiger partial charge in [0.05, 0.1) is 20.8 Å². The van der Waals surface area contributed by atoms with Crippen LogP contribution in [0.2, 0.25) is 0 Å². The summed E-state index contributed by atoms with van der Waals surface area (Å²) in [4.78, 5) is 31.7. The van der Waals surface area contributed by atoms with Gasteiger partial charge in [-0.15, -0.1) is 0 Å². The number of ether oxygens (including phenoxy) is 3. The molecule has 0 saturated carbocycles. The largest absolute Gasteiger partial charge is 0.497 e. The second kappa shape index (κ2) is 9.91. The summed E-state index contributed by atoms with van der Waals surface area (Å²) in [6, 6.07) is 14.9. The van der Waals surface area contributed by atoms with Crippen LogP contribution in [0.5, 0.6) is 11.5 Å². The highest BCUT2D eigenvalue weighted by Gasteiger charge is 2.37. The summed E-state index contributed by atoms with van der Waals surface area (Å²) < 4.78 is 15.9. The fraction of sp³-hybridized carbons (Fsp3) is 0.417. The van der Waals surface area contributed by atoms with Crippen LogP contribution in [0.15, 0.2) is 48.5 Å². The minimum Gasteiger partial charge on any atom is -0.497 e. The van der Waals surface area contributed by atoms with Crippen LogP contribution in [0.4, 0.5) is 5.69 Å². The average molecular weight is 440 g/mol. The van der Waals surface area contributed by atoms with Gasteiger partial charge in [0, 0.05) is 38.4 Å². The molecular formula is C24H29N3O5. The number of hydrogen-bond donors (Lipinski definition) is 0. The van der Waals surface area contributed by atoms with Gasteiger partial charge in [0.2, 0.25) is 11.8 Å². The summed E-state index contributed by atoms with van der Waals surface area (Å²) in [7, 11) is 3.26. The molecule has 32 heavy (non-hydrogen) atoms. The van der Waals surface area contributed by atoms with Gasteiger partial charge in [0.1, 0.15) is 24.1 Å². The van der Waals surface area contributed by atoms with E-state index >= 15 is 0 Å². The summed E-state index contributed by atoms with van der Waals surface area (Å²) in [6.07, 6.45) is 0. The van der Waals surface area contributed by atoms with Crippen LogP contribution in [0.1, 0.15) is 5.56 Å². The number of carbonyl (C=O) groups is 2. The van der Waals surface area contributed by atoms with Crippen LogP contribution < -0.4 is 14.4 Å². The molecule has 0 spiro atoms. The molecule has 2 amide bonds. The zero-order valence-corrected chi connectivity index (χ0v) is 18.5. The molecule has 8 nitrogen and oxygen atoms in total. The van der Waals surface area contributed by atoms with Crippen molar-refractivity contribution in [2.24, 2.45) is 0 Å². The van der Waals surface area contributed by atoms with Gasteiger partial charge < -0.3 is 28.9 Å². The van der Waals surface area contributed by atoms with Crippen LogP contribution in [-0.2, 0) is 20.9 Å². The second-order valence-corrected chi connectivity index (χ2v) is 7.91. The van der Waals surface area contributed by atoms with Crippen molar-refractivity contribution >= 4 is 17.5 Å². The molecule has 1 atom stereocenters. The molecule has 0 radical (unpaired) electrons. The number of nitrogens with zero attached hydrogens (tertiary/aromatic N) is 3. The summed E-state index contributed by atoms with van der Waals surface area (Å²) in [5.41, 5.74) is 2.05. The fourth-order valence-corrected chi connectivity index (χ4v) is 4.12. The average Bonchev–Trinajstić information content (AvgIpc) is 2.85. The summed E-state index contributed by atoms with van der Waals surface area (Å²) in [5, 5.41) is 0. The first-order valence-corrected chi connectivity index (χ1v) is 10.8. The van der Waals surface area contributed by atoms with Crippen molar-refractivity contribution in [2.45, 2.75) is 12.6 Å². The Balaban J connectivity index is 1.39. The molecule has 2 saturated heterocycles. The number of hydrogen-bond acceptors (Lipinski definition) is 6. The maximum Gasteiger partial charge on any atom is 0.249 e. The van der Waals surface area contributed by atoms with Crippen molar-refractivity contribution < 1.29 is 23.8 Å². The zero-order valence-electron chi connectivity index (χ0n) is 18.5. The Morgan fingerprint density at radius 3 is 2.12 bits per heavy atom. The van der Waals surface area contributed by atoms with E-state index in [1.807, 2.05) is 53.4 Å². The highest BCUT2D eigenvalue weighted by molar-refractivity contribution is 5.89. The molecule has 0 bridgehead atoms. The highest BCUT2D eigenvalue weighted by Crippen LogP contribution is 2.22. The standard InChI is InChI=1S/C24H29N3O5/c1-30-20-7-3-18(4-8-20)15-27-22(16-32-17-23(27)28)24(29)26-13-11-25(12-14-26)19-5-9-21(31-2)10-6-19/h3-10,22H,11-17H2,1-2H3. The minimum absolute atomic E-state index is 0.00514. The predicted molar refractivity (Wildman–Crippen MR) is 120 cm³/mol. The first-order valence-electron chi connectivity index (χ1n) is 10.8. The van der Waals surface area contributed by atoms with Gasteiger partial charge in [-0.2, -0.15) is 0 Å². The maximum atomic E-state index is 13.3.